The predicted molar refractivity (Wildman–Crippen MR) is 79.3 cm³/mol. The summed E-state index contributed by atoms with van der Waals surface area (Å²) in [5, 5.41) is 2.75. The highest BCUT2D eigenvalue weighted by atomic mass is 16.3. The second kappa shape index (κ2) is 6.43. The summed E-state index contributed by atoms with van der Waals surface area (Å²) in [6.45, 7) is 1.83. The fourth-order valence-corrected chi connectivity index (χ4v) is 2.45. The standard InChI is InChI=1S/C16H17N3O3/c20-15(18-11-13-4-3-9-22-13)12-5-6-17-14(10-12)16(21)19-7-1-2-8-19/h3-6,9-10H,1-2,7-8,11H2,(H,18,20). The van der Waals surface area contributed by atoms with E-state index >= 15 is 0 Å². The molecule has 1 fully saturated rings. The first-order valence-corrected chi connectivity index (χ1v) is 7.30. The van der Waals surface area contributed by atoms with Gasteiger partial charge in [-0.15, -0.1) is 0 Å². The minimum Gasteiger partial charge on any atom is -0.467 e. The number of nitrogens with zero attached hydrogens (tertiary/aromatic N) is 2. The third-order valence-corrected chi connectivity index (χ3v) is 3.64. The molecule has 0 unspecified atom stereocenters. The van der Waals surface area contributed by atoms with E-state index in [1.807, 2.05) is 0 Å². The molecule has 0 saturated carbocycles. The SMILES string of the molecule is O=C(NCc1ccco1)c1ccnc(C(=O)N2CCCC2)c1. The van der Waals surface area contributed by atoms with Crippen LogP contribution in [0.5, 0.6) is 0 Å². The fraction of sp³-hybridized carbons (Fsp3) is 0.312. The topological polar surface area (TPSA) is 75.4 Å². The van der Waals surface area contributed by atoms with Crippen LogP contribution in [0.4, 0.5) is 0 Å². The predicted octanol–water partition coefficient (Wildman–Crippen LogP) is 1.84. The lowest BCUT2D eigenvalue weighted by atomic mass is 10.2. The zero-order chi connectivity index (χ0) is 15.4. The number of rotatable bonds is 4. The van der Waals surface area contributed by atoms with E-state index in [0.717, 1.165) is 25.9 Å². The third-order valence-electron chi connectivity index (χ3n) is 3.64. The van der Waals surface area contributed by atoms with Crippen molar-refractivity contribution in [3.05, 3.63) is 53.7 Å². The minimum absolute atomic E-state index is 0.113. The van der Waals surface area contributed by atoms with Crippen LogP contribution in [0, 0.1) is 0 Å². The lowest BCUT2D eigenvalue weighted by molar-refractivity contribution is 0.0787. The lowest BCUT2D eigenvalue weighted by Crippen LogP contribution is -2.29. The number of pyridine rings is 1. The smallest absolute Gasteiger partial charge is 0.272 e. The molecule has 1 aliphatic heterocycles. The summed E-state index contributed by atoms with van der Waals surface area (Å²) < 4.78 is 5.16. The van der Waals surface area contributed by atoms with Gasteiger partial charge in [0.05, 0.1) is 12.8 Å². The number of furan rings is 1. The number of hydrogen-bond donors (Lipinski definition) is 1. The van der Waals surface area contributed by atoms with E-state index in [9.17, 15) is 9.59 Å². The summed E-state index contributed by atoms with van der Waals surface area (Å²) in [5.74, 6) is 0.309. The monoisotopic (exact) mass is 299 g/mol. The molecule has 6 nitrogen and oxygen atoms in total. The van der Waals surface area contributed by atoms with Gasteiger partial charge in [0.1, 0.15) is 11.5 Å². The van der Waals surface area contributed by atoms with Crippen LogP contribution in [-0.2, 0) is 6.54 Å². The highest BCUT2D eigenvalue weighted by Crippen LogP contribution is 2.12. The number of carbonyl (C=O) groups excluding carboxylic acids is 2. The first-order valence-electron chi connectivity index (χ1n) is 7.30. The van der Waals surface area contributed by atoms with Crippen LogP contribution >= 0.6 is 0 Å². The van der Waals surface area contributed by atoms with Gasteiger partial charge in [-0.3, -0.25) is 14.6 Å². The van der Waals surface area contributed by atoms with Crippen molar-refractivity contribution in [3.63, 3.8) is 0 Å². The van der Waals surface area contributed by atoms with Crippen molar-refractivity contribution >= 4 is 11.8 Å². The first kappa shape index (κ1) is 14.3. The van der Waals surface area contributed by atoms with Gasteiger partial charge >= 0.3 is 0 Å². The first-order chi connectivity index (χ1) is 10.7. The molecule has 1 N–H and O–H groups in total. The highest BCUT2D eigenvalue weighted by molar-refractivity contribution is 5.98. The molecule has 114 valence electrons. The average Bonchev–Trinajstić information content (AvgIpc) is 3.25. The van der Waals surface area contributed by atoms with Crippen molar-refractivity contribution < 1.29 is 14.0 Å². The summed E-state index contributed by atoms with van der Waals surface area (Å²) >= 11 is 0. The molecule has 3 rings (SSSR count). The molecule has 3 heterocycles. The van der Waals surface area contributed by atoms with Gasteiger partial charge in [-0.25, -0.2) is 0 Å². The zero-order valence-electron chi connectivity index (χ0n) is 12.1. The van der Waals surface area contributed by atoms with Gasteiger partial charge < -0.3 is 14.6 Å². The number of amides is 2. The molecule has 0 spiro atoms. The molecule has 2 amide bonds. The van der Waals surface area contributed by atoms with Gasteiger partial charge in [-0.2, -0.15) is 0 Å². The molecule has 1 aliphatic rings. The molecule has 2 aromatic rings. The summed E-state index contributed by atoms with van der Waals surface area (Å²) in [5.41, 5.74) is 0.733. The number of carbonyl (C=O) groups is 2. The maximum atomic E-state index is 12.3. The Labute approximate surface area is 128 Å². The van der Waals surface area contributed by atoms with Crippen LogP contribution in [0.3, 0.4) is 0 Å². The van der Waals surface area contributed by atoms with Crippen molar-refractivity contribution in [1.29, 1.82) is 0 Å². The van der Waals surface area contributed by atoms with Crippen LogP contribution < -0.4 is 5.32 Å². The van der Waals surface area contributed by atoms with Crippen LogP contribution in [-0.4, -0.2) is 34.8 Å². The second-order valence-corrected chi connectivity index (χ2v) is 5.19. The van der Waals surface area contributed by atoms with E-state index in [4.69, 9.17) is 4.42 Å². The van der Waals surface area contributed by atoms with E-state index in [1.165, 1.54) is 12.3 Å². The van der Waals surface area contributed by atoms with Crippen LogP contribution in [0.2, 0.25) is 0 Å². The Balaban J connectivity index is 1.67. The Hall–Kier alpha value is -2.63. The molecular formula is C16H17N3O3. The van der Waals surface area contributed by atoms with Crippen molar-refractivity contribution in [2.75, 3.05) is 13.1 Å². The Kier molecular flexibility index (Phi) is 4.18. The van der Waals surface area contributed by atoms with Crippen molar-refractivity contribution in [2.24, 2.45) is 0 Å². The van der Waals surface area contributed by atoms with E-state index in [0.29, 0.717) is 23.6 Å². The number of hydrogen-bond acceptors (Lipinski definition) is 4. The molecule has 0 aromatic carbocycles. The average molecular weight is 299 g/mol. The van der Waals surface area contributed by atoms with Crippen LogP contribution in [0.25, 0.3) is 0 Å². The second-order valence-electron chi connectivity index (χ2n) is 5.19. The molecule has 0 bridgehead atoms. The van der Waals surface area contributed by atoms with Gasteiger partial charge in [0.25, 0.3) is 11.8 Å². The quantitative estimate of drug-likeness (QED) is 0.934. The maximum Gasteiger partial charge on any atom is 0.272 e. The largest absolute Gasteiger partial charge is 0.467 e. The molecule has 2 aromatic heterocycles. The van der Waals surface area contributed by atoms with Gasteiger partial charge in [0.15, 0.2) is 0 Å². The maximum absolute atomic E-state index is 12.3. The van der Waals surface area contributed by atoms with E-state index < -0.39 is 0 Å². The van der Waals surface area contributed by atoms with Crippen molar-refractivity contribution in [3.8, 4) is 0 Å². The van der Waals surface area contributed by atoms with Crippen LogP contribution in [0.15, 0.2) is 41.1 Å². The Morgan fingerprint density at radius 3 is 2.82 bits per heavy atom. The normalized spacial score (nSPS) is 14.1. The van der Waals surface area contributed by atoms with E-state index in [-0.39, 0.29) is 11.8 Å². The zero-order valence-corrected chi connectivity index (χ0v) is 12.1. The molecule has 0 radical (unpaired) electrons. The van der Waals surface area contributed by atoms with Gasteiger partial charge in [0.2, 0.25) is 0 Å². The van der Waals surface area contributed by atoms with E-state index in [2.05, 4.69) is 10.3 Å². The van der Waals surface area contributed by atoms with Gasteiger partial charge in [0, 0.05) is 24.8 Å². The molecule has 0 aliphatic carbocycles. The fourth-order valence-electron chi connectivity index (χ4n) is 2.45. The molecule has 22 heavy (non-hydrogen) atoms. The van der Waals surface area contributed by atoms with Crippen molar-refractivity contribution in [2.45, 2.75) is 19.4 Å². The number of nitrogens with one attached hydrogen (secondary N) is 1. The molecular weight excluding hydrogens is 282 g/mol. The highest BCUT2D eigenvalue weighted by Gasteiger charge is 2.21. The van der Waals surface area contributed by atoms with Gasteiger partial charge in [-0.1, -0.05) is 0 Å². The Morgan fingerprint density at radius 2 is 2.09 bits per heavy atom. The minimum atomic E-state index is -0.255. The van der Waals surface area contributed by atoms with Crippen molar-refractivity contribution in [1.82, 2.24) is 15.2 Å². The number of aromatic nitrogens is 1. The van der Waals surface area contributed by atoms with E-state index in [1.54, 1.807) is 29.4 Å². The molecule has 0 atom stereocenters. The number of likely N-dealkylation sites (tertiary alicyclic amines) is 1. The van der Waals surface area contributed by atoms with Gasteiger partial charge in [-0.05, 0) is 37.1 Å². The summed E-state index contributed by atoms with van der Waals surface area (Å²) in [6, 6.07) is 6.69. The Bertz CT molecular complexity index is 661. The Morgan fingerprint density at radius 1 is 1.27 bits per heavy atom. The lowest BCUT2D eigenvalue weighted by Gasteiger charge is -2.14. The molecule has 6 heteroatoms. The van der Waals surface area contributed by atoms with Crippen LogP contribution in [0.1, 0.15) is 39.4 Å². The molecule has 1 saturated heterocycles. The summed E-state index contributed by atoms with van der Waals surface area (Å²) in [6.07, 6.45) is 5.09. The summed E-state index contributed by atoms with van der Waals surface area (Å²) in [4.78, 5) is 30.3. The third kappa shape index (κ3) is 3.16. The summed E-state index contributed by atoms with van der Waals surface area (Å²) in [7, 11) is 0.